The number of hydrogen-bond acceptors (Lipinski definition) is 9. The Kier molecular flexibility index (Phi) is 7.82. The van der Waals surface area contributed by atoms with Crippen LogP contribution in [0.1, 0.15) is 28.5 Å². The summed E-state index contributed by atoms with van der Waals surface area (Å²) in [4.78, 5) is 23.2. The smallest absolute Gasteiger partial charge is 0.421 e. The molecule has 0 aliphatic rings. The summed E-state index contributed by atoms with van der Waals surface area (Å²) in [7, 11) is -2.28. The molecule has 0 saturated carbocycles. The molecule has 3 aromatic rings. The molecular formula is C21H22F3N7O4S. The fourth-order valence-electron chi connectivity index (χ4n) is 2.94. The zero-order chi connectivity index (χ0) is 26.5. The highest BCUT2D eigenvalue weighted by atomic mass is 32.2. The summed E-state index contributed by atoms with van der Waals surface area (Å²) in [5.74, 6) is -1.48. The molecule has 0 radical (unpaired) electrons. The molecule has 2 aromatic heterocycles. The maximum atomic E-state index is 13.6. The highest BCUT2D eigenvalue weighted by Gasteiger charge is 2.35. The molecule has 192 valence electrons. The predicted molar refractivity (Wildman–Crippen MR) is 126 cm³/mol. The number of amides is 1. The molecular weight excluding hydrogens is 503 g/mol. The van der Waals surface area contributed by atoms with Crippen molar-refractivity contribution in [1.82, 2.24) is 15.0 Å². The van der Waals surface area contributed by atoms with Gasteiger partial charge in [0.05, 0.1) is 36.5 Å². The summed E-state index contributed by atoms with van der Waals surface area (Å²) in [6.07, 6.45) is -2.83. The number of sulfonamides is 1. The lowest BCUT2D eigenvalue weighted by Crippen LogP contribution is -2.18. The van der Waals surface area contributed by atoms with Crippen molar-refractivity contribution in [3.8, 4) is 5.75 Å². The molecule has 0 fully saturated rings. The van der Waals surface area contributed by atoms with Gasteiger partial charge in [-0.2, -0.15) is 18.2 Å². The number of halogens is 3. The Morgan fingerprint density at radius 3 is 2.56 bits per heavy atom. The van der Waals surface area contributed by atoms with E-state index in [0.29, 0.717) is 6.20 Å². The number of primary amides is 1. The van der Waals surface area contributed by atoms with E-state index in [1.54, 1.807) is 0 Å². The van der Waals surface area contributed by atoms with Crippen molar-refractivity contribution < 1.29 is 31.1 Å². The molecule has 15 heteroatoms. The zero-order valence-electron chi connectivity index (χ0n) is 19.0. The Labute approximate surface area is 204 Å². The fraction of sp³-hybridized carbons (Fsp3) is 0.238. The molecule has 0 atom stereocenters. The SMILES string of the molecule is CCS(=O)(=O)Nc1cccnc1CNc1nc(Nc2cc(C(N)=O)ccc2OC)ncc1C(F)(F)F. The minimum Gasteiger partial charge on any atom is -0.495 e. The second kappa shape index (κ2) is 10.6. The Morgan fingerprint density at radius 1 is 1.17 bits per heavy atom. The molecule has 0 unspecified atom stereocenters. The van der Waals surface area contributed by atoms with Gasteiger partial charge in [-0.15, -0.1) is 0 Å². The molecule has 3 rings (SSSR count). The van der Waals surface area contributed by atoms with E-state index >= 15 is 0 Å². The average Bonchev–Trinajstić information content (AvgIpc) is 2.82. The highest BCUT2D eigenvalue weighted by molar-refractivity contribution is 7.92. The Hall–Kier alpha value is -4.14. The van der Waals surface area contributed by atoms with Gasteiger partial charge in [-0.3, -0.25) is 14.5 Å². The second-order valence-electron chi connectivity index (χ2n) is 7.21. The number of carbonyl (C=O) groups excluding carboxylic acids is 1. The van der Waals surface area contributed by atoms with Crippen LogP contribution in [0.3, 0.4) is 0 Å². The topological polar surface area (TPSA) is 161 Å². The Balaban J connectivity index is 1.94. The van der Waals surface area contributed by atoms with Crippen LogP contribution in [0, 0.1) is 0 Å². The third-order valence-electron chi connectivity index (χ3n) is 4.78. The number of nitrogens with two attached hydrogens (primary N) is 1. The quantitative estimate of drug-likeness (QED) is 0.312. The standard InChI is InChI=1S/C21H22F3N7O4S/c1-3-36(33,34)31-14-5-4-8-26-16(14)11-27-19-13(21(22,23)24)10-28-20(30-19)29-15-9-12(18(25)32)6-7-17(15)35-2/h4-10,31H,3,11H2,1-2H3,(H2,25,32)(H2,27,28,29,30). The van der Waals surface area contributed by atoms with Gasteiger partial charge >= 0.3 is 6.18 Å². The van der Waals surface area contributed by atoms with E-state index < -0.39 is 33.5 Å². The second-order valence-corrected chi connectivity index (χ2v) is 9.23. The number of rotatable bonds is 10. The van der Waals surface area contributed by atoms with Crippen LogP contribution < -0.4 is 25.8 Å². The van der Waals surface area contributed by atoms with E-state index in [0.717, 1.165) is 0 Å². The molecule has 0 aliphatic heterocycles. The van der Waals surface area contributed by atoms with Crippen LogP contribution in [-0.4, -0.2) is 42.1 Å². The van der Waals surface area contributed by atoms with Gasteiger partial charge in [0.2, 0.25) is 21.9 Å². The van der Waals surface area contributed by atoms with E-state index in [1.807, 2.05) is 0 Å². The van der Waals surface area contributed by atoms with Gasteiger partial charge in [-0.05, 0) is 37.3 Å². The average molecular weight is 526 g/mol. The summed E-state index contributed by atoms with van der Waals surface area (Å²) in [6, 6.07) is 7.14. The molecule has 0 saturated heterocycles. The number of hydrogen-bond donors (Lipinski definition) is 4. The van der Waals surface area contributed by atoms with Crippen LogP contribution in [0.2, 0.25) is 0 Å². The van der Waals surface area contributed by atoms with Gasteiger partial charge in [0.15, 0.2) is 0 Å². The molecule has 5 N–H and O–H groups in total. The number of nitrogens with one attached hydrogen (secondary N) is 3. The zero-order valence-corrected chi connectivity index (χ0v) is 19.9. The van der Waals surface area contributed by atoms with Crippen molar-refractivity contribution >= 4 is 39.1 Å². The third-order valence-corrected chi connectivity index (χ3v) is 6.07. The molecule has 0 aliphatic carbocycles. The highest BCUT2D eigenvalue weighted by Crippen LogP contribution is 2.35. The number of alkyl halides is 3. The number of aromatic nitrogens is 3. The summed E-state index contributed by atoms with van der Waals surface area (Å²) in [5.41, 5.74) is 4.71. The van der Waals surface area contributed by atoms with Crippen LogP contribution in [0.15, 0.2) is 42.7 Å². The fourth-order valence-corrected chi connectivity index (χ4v) is 3.61. The number of nitrogens with zero attached hydrogens (tertiary/aromatic N) is 3. The van der Waals surface area contributed by atoms with Gasteiger partial charge in [0.25, 0.3) is 0 Å². The summed E-state index contributed by atoms with van der Waals surface area (Å²) < 4.78 is 72.3. The molecule has 2 heterocycles. The normalized spacial score (nSPS) is 11.6. The molecule has 0 bridgehead atoms. The van der Waals surface area contributed by atoms with Crippen LogP contribution in [-0.2, 0) is 22.7 Å². The monoisotopic (exact) mass is 525 g/mol. The lowest BCUT2D eigenvalue weighted by atomic mass is 10.2. The van der Waals surface area contributed by atoms with Gasteiger partial charge in [0, 0.05) is 18.0 Å². The van der Waals surface area contributed by atoms with Crippen molar-refractivity contribution in [2.24, 2.45) is 5.73 Å². The molecule has 0 spiro atoms. The van der Waals surface area contributed by atoms with Crippen LogP contribution >= 0.6 is 0 Å². The number of pyridine rings is 1. The number of methoxy groups -OCH3 is 1. The molecule has 1 aromatic carbocycles. The van der Waals surface area contributed by atoms with Gasteiger partial charge < -0.3 is 21.1 Å². The van der Waals surface area contributed by atoms with Crippen LogP contribution in [0.5, 0.6) is 5.75 Å². The van der Waals surface area contributed by atoms with Crippen molar-refractivity contribution in [3.05, 3.63) is 59.5 Å². The lowest BCUT2D eigenvalue weighted by Gasteiger charge is -2.17. The van der Waals surface area contributed by atoms with E-state index in [1.165, 1.54) is 50.6 Å². The maximum Gasteiger partial charge on any atom is 0.421 e. The minimum atomic E-state index is -4.79. The summed E-state index contributed by atoms with van der Waals surface area (Å²) >= 11 is 0. The lowest BCUT2D eigenvalue weighted by molar-refractivity contribution is -0.137. The molecule has 11 nitrogen and oxygen atoms in total. The van der Waals surface area contributed by atoms with Crippen molar-refractivity contribution in [3.63, 3.8) is 0 Å². The predicted octanol–water partition coefficient (Wildman–Crippen LogP) is 3.12. The number of carbonyl (C=O) groups is 1. The first kappa shape index (κ1) is 26.5. The summed E-state index contributed by atoms with van der Waals surface area (Å²) in [6.45, 7) is 1.15. The minimum absolute atomic E-state index is 0.112. The van der Waals surface area contributed by atoms with E-state index in [-0.39, 0.29) is 46.6 Å². The largest absolute Gasteiger partial charge is 0.495 e. The first-order valence-corrected chi connectivity index (χ1v) is 12.0. The molecule has 36 heavy (non-hydrogen) atoms. The van der Waals surface area contributed by atoms with Crippen LogP contribution in [0.25, 0.3) is 0 Å². The molecule has 1 amide bonds. The first-order chi connectivity index (χ1) is 16.9. The number of anilines is 4. The Bertz CT molecular complexity index is 1370. The van der Waals surface area contributed by atoms with E-state index in [4.69, 9.17) is 10.5 Å². The maximum absolute atomic E-state index is 13.6. The van der Waals surface area contributed by atoms with E-state index in [2.05, 4.69) is 30.3 Å². The van der Waals surface area contributed by atoms with E-state index in [9.17, 15) is 26.4 Å². The summed E-state index contributed by atoms with van der Waals surface area (Å²) in [5, 5.41) is 5.27. The van der Waals surface area contributed by atoms with Crippen molar-refractivity contribution in [2.45, 2.75) is 19.6 Å². The van der Waals surface area contributed by atoms with Gasteiger partial charge in [-0.1, -0.05) is 0 Å². The van der Waals surface area contributed by atoms with Crippen LogP contribution in [0.4, 0.5) is 36.3 Å². The van der Waals surface area contributed by atoms with Gasteiger partial charge in [0.1, 0.15) is 17.1 Å². The number of benzene rings is 1. The van der Waals surface area contributed by atoms with Crippen molar-refractivity contribution in [2.75, 3.05) is 28.2 Å². The van der Waals surface area contributed by atoms with Crippen molar-refractivity contribution in [1.29, 1.82) is 0 Å². The third kappa shape index (κ3) is 6.50. The number of ether oxygens (including phenoxy) is 1. The Morgan fingerprint density at radius 2 is 1.92 bits per heavy atom. The first-order valence-electron chi connectivity index (χ1n) is 10.3. The van der Waals surface area contributed by atoms with Gasteiger partial charge in [-0.25, -0.2) is 13.4 Å².